The number of aromatic nitrogens is 1. The normalized spacial score (nSPS) is 13.3. The number of aliphatic imine (C=N–C) groups is 1. The molecule has 310 valence electrons. The number of primary amides is 1. The summed E-state index contributed by atoms with van der Waals surface area (Å²) in [5.41, 5.74) is 33.3. The molecule has 0 saturated carbocycles. The zero-order valence-corrected chi connectivity index (χ0v) is 32.0. The molecule has 0 fully saturated rings. The van der Waals surface area contributed by atoms with Crippen LogP contribution in [-0.4, -0.2) is 121 Å². The van der Waals surface area contributed by atoms with Gasteiger partial charge in [0.15, 0.2) is 5.96 Å². The Labute approximate surface area is 330 Å². The van der Waals surface area contributed by atoms with Gasteiger partial charge < -0.3 is 66.3 Å². The van der Waals surface area contributed by atoms with E-state index in [2.05, 4.69) is 54.5 Å². The zero-order valence-electron chi connectivity index (χ0n) is 31.1. The fourth-order valence-corrected chi connectivity index (χ4v) is 5.06. The number of carbonyl (C=O) groups is 7. The zero-order chi connectivity index (χ0) is 42.0. The standard InChI is InChI=1S/C33H55N15O7S/c34-10-3-1-6-22(45-26(49)17-44-29(52)21(37)18-56)30(53)47-24(8-5-12-42-33(39)40)31(54)46-23(7-2-4-11-35)32(55)48-25(27(38)50)16-43-28(51)19-9-13-41-20(14-19)15-36/h9,13-14,21-25,56H,1-8,10-12,16-18,34-35,37H2,(H2,38,50)(H,43,51)(H,44,52)(H,45,49)(H,46,54)(H,47,53)(H,48,55)(H4,39,40,42)/t21-,22-,23-,24-,25-/m0/s1. The van der Waals surface area contributed by atoms with E-state index in [1.165, 1.54) is 18.3 Å². The number of amides is 7. The molecule has 0 aliphatic rings. The van der Waals surface area contributed by atoms with Gasteiger partial charge in [-0.2, -0.15) is 17.9 Å². The first kappa shape index (κ1) is 48.4. The number of nitrogens with one attached hydrogen (secondary N) is 6. The number of nitrogens with two attached hydrogens (primary N) is 6. The molecule has 0 unspecified atom stereocenters. The Hall–Kier alpha value is -5.57. The van der Waals surface area contributed by atoms with Crippen LogP contribution in [0.5, 0.6) is 0 Å². The number of hydrogen-bond acceptors (Lipinski definition) is 14. The first-order valence-electron chi connectivity index (χ1n) is 17.9. The molecule has 0 aliphatic heterocycles. The molecule has 22 nitrogen and oxygen atoms in total. The van der Waals surface area contributed by atoms with Crippen molar-refractivity contribution in [2.75, 3.05) is 38.5 Å². The molecule has 0 aliphatic carbocycles. The quantitative estimate of drug-likeness (QED) is 0.0171. The third-order valence-electron chi connectivity index (χ3n) is 7.98. The predicted octanol–water partition coefficient (Wildman–Crippen LogP) is -5.21. The molecule has 18 N–H and O–H groups in total. The van der Waals surface area contributed by atoms with Gasteiger partial charge in [-0.3, -0.25) is 38.6 Å². The summed E-state index contributed by atoms with van der Waals surface area (Å²) in [6.45, 7) is -0.213. The number of carbonyl (C=O) groups excluding carboxylic acids is 7. The number of hydrogen-bond donors (Lipinski definition) is 13. The topological polar surface area (TPSA) is 397 Å². The van der Waals surface area contributed by atoms with Crippen LogP contribution in [-0.2, 0) is 28.8 Å². The minimum absolute atomic E-state index is 0.00883. The van der Waals surface area contributed by atoms with Crippen molar-refractivity contribution in [3.8, 4) is 6.07 Å². The Balaban J connectivity index is 3.23. The average molecular weight is 806 g/mol. The van der Waals surface area contributed by atoms with Crippen molar-refractivity contribution < 1.29 is 33.6 Å². The van der Waals surface area contributed by atoms with E-state index in [0.29, 0.717) is 32.2 Å². The molecule has 23 heteroatoms. The Morgan fingerprint density at radius 1 is 0.768 bits per heavy atom. The van der Waals surface area contributed by atoms with E-state index in [1.54, 1.807) is 0 Å². The maximum atomic E-state index is 13.8. The monoisotopic (exact) mass is 805 g/mol. The summed E-state index contributed by atoms with van der Waals surface area (Å²) in [4.78, 5) is 98.4. The first-order valence-corrected chi connectivity index (χ1v) is 18.5. The minimum Gasteiger partial charge on any atom is -0.370 e. The third kappa shape index (κ3) is 19.1. The number of thiol groups is 1. The van der Waals surface area contributed by atoms with Crippen LogP contribution in [0.25, 0.3) is 0 Å². The van der Waals surface area contributed by atoms with Gasteiger partial charge in [-0.15, -0.1) is 0 Å². The molecule has 0 bridgehead atoms. The number of unbranched alkanes of at least 4 members (excludes halogenated alkanes) is 2. The third-order valence-corrected chi connectivity index (χ3v) is 8.37. The number of pyridine rings is 1. The van der Waals surface area contributed by atoms with Gasteiger partial charge in [-0.1, -0.05) is 0 Å². The van der Waals surface area contributed by atoms with Crippen molar-refractivity contribution in [2.45, 2.75) is 81.6 Å². The van der Waals surface area contributed by atoms with E-state index in [4.69, 9.17) is 39.7 Å². The lowest BCUT2D eigenvalue weighted by molar-refractivity contribution is -0.134. The average Bonchev–Trinajstić information content (AvgIpc) is 3.17. The van der Waals surface area contributed by atoms with Crippen LogP contribution < -0.4 is 66.3 Å². The molecule has 7 amide bonds. The van der Waals surface area contributed by atoms with E-state index in [9.17, 15) is 33.6 Å². The molecule has 56 heavy (non-hydrogen) atoms. The largest absolute Gasteiger partial charge is 0.370 e. The summed E-state index contributed by atoms with van der Waals surface area (Å²) in [6, 6.07) is -1.64. The first-order chi connectivity index (χ1) is 26.7. The Kier molecular flexibility index (Phi) is 23.4. The van der Waals surface area contributed by atoms with Crippen LogP contribution in [0.2, 0.25) is 0 Å². The molecule has 1 rings (SSSR count). The number of guanidine groups is 1. The SMILES string of the molecule is N#Cc1cc(C(=O)NC[C@H](NC(=O)[C@H](CCCCN)NC(=O)[C@H](CCCN=C(N)N)NC(=O)[C@H](CCCCN)NC(=O)CNC(=O)[C@@H](N)CS)C(N)=O)ccn1. The maximum absolute atomic E-state index is 13.8. The second kappa shape index (κ2) is 27.1. The molecule has 1 heterocycles. The molecule has 1 aromatic heterocycles. The molecule has 0 spiro atoms. The summed E-state index contributed by atoms with van der Waals surface area (Å²) >= 11 is 3.95. The number of nitrogens with zero attached hydrogens (tertiary/aromatic N) is 3. The van der Waals surface area contributed by atoms with E-state index in [-0.39, 0.29) is 61.7 Å². The van der Waals surface area contributed by atoms with Gasteiger partial charge in [0.1, 0.15) is 35.9 Å². The molecular formula is C33H55N15O7S. The lowest BCUT2D eigenvalue weighted by atomic mass is 10.0. The Morgan fingerprint density at radius 2 is 1.30 bits per heavy atom. The number of nitriles is 1. The highest BCUT2D eigenvalue weighted by molar-refractivity contribution is 7.80. The van der Waals surface area contributed by atoms with Gasteiger partial charge in [0, 0.05) is 30.6 Å². The van der Waals surface area contributed by atoms with Crippen LogP contribution >= 0.6 is 12.6 Å². The van der Waals surface area contributed by atoms with Crippen molar-refractivity contribution in [1.82, 2.24) is 36.9 Å². The summed E-state index contributed by atoms with van der Waals surface area (Å²) in [7, 11) is 0. The van der Waals surface area contributed by atoms with E-state index < -0.39 is 84.6 Å². The highest BCUT2D eigenvalue weighted by atomic mass is 32.1. The van der Waals surface area contributed by atoms with Gasteiger partial charge in [0.25, 0.3) is 5.91 Å². The predicted molar refractivity (Wildman–Crippen MR) is 209 cm³/mol. The van der Waals surface area contributed by atoms with Gasteiger partial charge in [-0.25, -0.2) is 4.98 Å². The van der Waals surface area contributed by atoms with Crippen LogP contribution in [0, 0.1) is 11.3 Å². The van der Waals surface area contributed by atoms with Gasteiger partial charge >= 0.3 is 0 Å². The summed E-state index contributed by atoms with van der Waals surface area (Å²) in [5, 5.41) is 24.2. The van der Waals surface area contributed by atoms with Crippen LogP contribution in [0.15, 0.2) is 23.3 Å². The van der Waals surface area contributed by atoms with E-state index in [0.717, 1.165) is 0 Å². The number of rotatable bonds is 27. The van der Waals surface area contributed by atoms with Gasteiger partial charge in [0.05, 0.1) is 12.6 Å². The van der Waals surface area contributed by atoms with Crippen molar-refractivity contribution in [3.05, 3.63) is 29.6 Å². The fraction of sp³-hybridized carbons (Fsp3) is 0.576. The molecule has 1 aromatic rings. The molecule has 0 aromatic carbocycles. The fourth-order valence-electron chi connectivity index (χ4n) is 4.89. The van der Waals surface area contributed by atoms with Crippen LogP contribution in [0.1, 0.15) is 67.4 Å². The lowest BCUT2D eigenvalue weighted by Gasteiger charge is -2.26. The Morgan fingerprint density at radius 3 is 1.80 bits per heavy atom. The second-order valence-corrected chi connectivity index (χ2v) is 12.8. The van der Waals surface area contributed by atoms with Crippen molar-refractivity contribution in [2.24, 2.45) is 39.4 Å². The van der Waals surface area contributed by atoms with Crippen molar-refractivity contribution >= 4 is 59.9 Å². The van der Waals surface area contributed by atoms with Crippen LogP contribution in [0.4, 0.5) is 0 Å². The van der Waals surface area contributed by atoms with Gasteiger partial charge in [0.2, 0.25) is 35.4 Å². The lowest BCUT2D eigenvalue weighted by Crippen LogP contribution is -2.59. The molecular weight excluding hydrogens is 751 g/mol. The van der Waals surface area contributed by atoms with E-state index in [1.807, 2.05) is 6.07 Å². The highest BCUT2D eigenvalue weighted by Crippen LogP contribution is 2.08. The van der Waals surface area contributed by atoms with E-state index >= 15 is 0 Å². The smallest absolute Gasteiger partial charge is 0.251 e. The molecule has 0 radical (unpaired) electrons. The molecule has 5 atom stereocenters. The minimum atomic E-state index is -1.41. The Bertz CT molecular complexity index is 1550. The second-order valence-electron chi connectivity index (χ2n) is 12.5. The van der Waals surface area contributed by atoms with Crippen molar-refractivity contribution in [3.63, 3.8) is 0 Å². The van der Waals surface area contributed by atoms with Crippen molar-refractivity contribution in [1.29, 1.82) is 5.26 Å². The highest BCUT2D eigenvalue weighted by Gasteiger charge is 2.31. The summed E-state index contributed by atoms with van der Waals surface area (Å²) < 4.78 is 0. The summed E-state index contributed by atoms with van der Waals surface area (Å²) in [6.07, 6.45) is 3.47. The van der Waals surface area contributed by atoms with Gasteiger partial charge in [-0.05, 0) is 76.6 Å². The van der Waals surface area contributed by atoms with Crippen LogP contribution in [0.3, 0.4) is 0 Å². The molecule has 0 saturated heterocycles. The maximum Gasteiger partial charge on any atom is 0.251 e. The summed E-state index contributed by atoms with van der Waals surface area (Å²) in [5.74, 6) is -5.46.